The molecule has 7 nitrogen and oxygen atoms in total. The summed E-state index contributed by atoms with van der Waals surface area (Å²) in [6, 6.07) is 17.9. The van der Waals surface area contributed by atoms with Crippen molar-refractivity contribution < 1.29 is 23.7 Å². The van der Waals surface area contributed by atoms with Gasteiger partial charge in [-0.2, -0.15) is 0 Å². The molecular formula is C25H34N2O5. The molecule has 0 aliphatic carbocycles. The first-order valence-corrected chi connectivity index (χ1v) is 11.2. The van der Waals surface area contributed by atoms with Crippen molar-refractivity contribution >= 4 is 5.91 Å². The number of ether oxygens (including phenoxy) is 4. The van der Waals surface area contributed by atoms with E-state index in [0.29, 0.717) is 32.4 Å². The lowest BCUT2D eigenvalue weighted by molar-refractivity contribution is -0.126. The van der Waals surface area contributed by atoms with E-state index < -0.39 is 0 Å². The Morgan fingerprint density at radius 1 is 1.00 bits per heavy atom. The summed E-state index contributed by atoms with van der Waals surface area (Å²) in [5.74, 6) is 1.44. The molecule has 7 heteroatoms. The molecular weight excluding hydrogens is 408 g/mol. The lowest BCUT2D eigenvalue weighted by atomic mass is 10.1. The molecule has 2 aromatic carbocycles. The van der Waals surface area contributed by atoms with Crippen LogP contribution >= 0.6 is 0 Å². The topological polar surface area (TPSA) is 69.3 Å². The normalized spacial score (nSPS) is 14.3. The molecule has 0 aromatic heterocycles. The third-order valence-electron chi connectivity index (χ3n) is 5.39. The van der Waals surface area contributed by atoms with Crippen molar-refractivity contribution in [2.24, 2.45) is 0 Å². The molecule has 0 unspecified atom stereocenters. The van der Waals surface area contributed by atoms with Gasteiger partial charge in [0.1, 0.15) is 31.3 Å². The highest BCUT2D eigenvalue weighted by Gasteiger charge is 2.17. The van der Waals surface area contributed by atoms with E-state index in [4.69, 9.17) is 18.9 Å². The molecule has 32 heavy (non-hydrogen) atoms. The van der Waals surface area contributed by atoms with Crippen LogP contribution in [0.25, 0.3) is 0 Å². The van der Waals surface area contributed by atoms with E-state index in [-0.39, 0.29) is 12.5 Å². The van der Waals surface area contributed by atoms with Gasteiger partial charge in [-0.15, -0.1) is 0 Å². The number of rotatable bonds is 13. The second-order valence-electron chi connectivity index (χ2n) is 7.81. The molecule has 0 atom stereocenters. The molecule has 0 radical (unpaired) electrons. The number of para-hydroxylation sites is 1. The molecule has 1 N–H and O–H groups in total. The Bertz CT molecular complexity index is 796. The Hall–Kier alpha value is -2.61. The molecule has 1 aliphatic rings. The maximum Gasteiger partial charge on any atom is 0.246 e. The van der Waals surface area contributed by atoms with Gasteiger partial charge in [0, 0.05) is 32.3 Å². The minimum absolute atomic E-state index is 0.00683. The fourth-order valence-electron chi connectivity index (χ4n) is 3.51. The fourth-order valence-corrected chi connectivity index (χ4v) is 3.51. The first-order chi connectivity index (χ1) is 15.7. The van der Waals surface area contributed by atoms with Gasteiger partial charge in [-0.1, -0.05) is 30.3 Å². The number of nitrogens with zero attached hydrogens (tertiary/aromatic N) is 1. The van der Waals surface area contributed by atoms with Crippen LogP contribution in [-0.4, -0.2) is 70.1 Å². The summed E-state index contributed by atoms with van der Waals surface area (Å²) in [5.41, 5.74) is 0.987. The fraction of sp³-hybridized carbons (Fsp3) is 0.480. The number of benzene rings is 2. The van der Waals surface area contributed by atoms with Crippen molar-refractivity contribution in [2.45, 2.75) is 25.4 Å². The van der Waals surface area contributed by atoms with Crippen molar-refractivity contribution in [1.82, 2.24) is 10.2 Å². The molecule has 0 spiro atoms. The molecule has 1 aliphatic heterocycles. The van der Waals surface area contributed by atoms with E-state index >= 15 is 0 Å². The Labute approximate surface area is 190 Å². The Kier molecular flexibility index (Phi) is 10.3. The van der Waals surface area contributed by atoms with Gasteiger partial charge in [0.25, 0.3) is 0 Å². The molecule has 174 valence electrons. The summed E-state index contributed by atoms with van der Waals surface area (Å²) < 4.78 is 22.3. The minimum Gasteiger partial charge on any atom is -0.492 e. The second kappa shape index (κ2) is 13.7. The molecule has 2 aromatic rings. The molecule has 0 saturated carbocycles. The SMILES string of the molecule is CN(CCOc1cccc(CNC(=O)COCCOc2ccccc2)c1)C1CCOCC1. The second-order valence-corrected chi connectivity index (χ2v) is 7.81. The number of amides is 1. The van der Waals surface area contributed by atoms with Crippen LogP contribution in [0, 0.1) is 0 Å². The molecule has 1 saturated heterocycles. The molecule has 1 amide bonds. The highest BCUT2D eigenvalue weighted by atomic mass is 16.5. The first kappa shape index (κ1) is 24.0. The predicted octanol–water partition coefficient (Wildman–Crippen LogP) is 2.89. The standard InChI is InChI=1S/C25H34N2O5/c1-27(22-10-13-29-14-11-22)12-15-31-24-9-5-6-21(18-24)19-26-25(28)20-30-16-17-32-23-7-3-2-4-8-23/h2-9,18,22H,10-17,19-20H2,1H3,(H,26,28). The van der Waals surface area contributed by atoms with E-state index in [0.717, 1.165) is 49.7 Å². The van der Waals surface area contributed by atoms with E-state index in [2.05, 4.69) is 17.3 Å². The summed E-state index contributed by atoms with van der Waals surface area (Å²) in [6.45, 7) is 4.38. The lowest BCUT2D eigenvalue weighted by Crippen LogP contribution is -2.38. The van der Waals surface area contributed by atoms with Crippen molar-refractivity contribution in [3.05, 3.63) is 60.2 Å². The van der Waals surface area contributed by atoms with Gasteiger partial charge in [-0.05, 0) is 49.7 Å². The average molecular weight is 443 g/mol. The van der Waals surface area contributed by atoms with Crippen molar-refractivity contribution in [1.29, 1.82) is 0 Å². The summed E-state index contributed by atoms with van der Waals surface area (Å²) >= 11 is 0. The van der Waals surface area contributed by atoms with Crippen molar-refractivity contribution in [2.75, 3.05) is 53.2 Å². The van der Waals surface area contributed by atoms with Gasteiger partial charge in [0.15, 0.2) is 0 Å². The zero-order valence-corrected chi connectivity index (χ0v) is 18.8. The summed E-state index contributed by atoms with van der Waals surface area (Å²) in [5, 5.41) is 2.87. The Morgan fingerprint density at radius 2 is 1.75 bits per heavy atom. The zero-order valence-electron chi connectivity index (χ0n) is 18.8. The monoisotopic (exact) mass is 442 g/mol. The third-order valence-corrected chi connectivity index (χ3v) is 5.39. The summed E-state index contributed by atoms with van der Waals surface area (Å²) in [6.07, 6.45) is 2.16. The van der Waals surface area contributed by atoms with Crippen LogP contribution < -0.4 is 14.8 Å². The number of nitrogens with one attached hydrogen (secondary N) is 1. The Morgan fingerprint density at radius 3 is 2.56 bits per heavy atom. The molecule has 3 rings (SSSR count). The average Bonchev–Trinajstić information content (AvgIpc) is 2.84. The first-order valence-electron chi connectivity index (χ1n) is 11.2. The van der Waals surface area contributed by atoms with Gasteiger partial charge in [-0.25, -0.2) is 0 Å². The minimum atomic E-state index is -0.158. The van der Waals surface area contributed by atoms with Crippen LogP contribution in [0.2, 0.25) is 0 Å². The third kappa shape index (κ3) is 8.86. The summed E-state index contributed by atoms with van der Waals surface area (Å²) in [7, 11) is 2.14. The maximum absolute atomic E-state index is 12.0. The zero-order chi connectivity index (χ0) is 22.4. The van der Waals surface area contributed by atoms with Crippen LogP contribution in [0.3, 0.4) is 0 Å². The largest absolute Gasteiger partial charge is 0.492 e. The van der Waals surface area contributed by atoms with Crippen molar-refractivity contribution in [3.63, 3.8) is 0 Å². The number of carbonyl (C=O) groups excluding carboxylic acids is 1. The summed E-state index contributed by atoms with van der Waals surface area (Å²) in [4.78, 5) is 14.4. The van der Waals surface area contributed by atoms with Gasteiger partial charge < -0.3 is 24.3 Å². The van der Waals surface area contributed by atoms with Crippen LogP contribution in [0.15, 0.2) is 54.6 Å². The van der Waals surface area contributed by atoms with Crippen LogP contribution in [0.5, 0.6) is 11.5 Å². The van der Waals surface area contributed by atoms with Crippen molar-refractivity contribution in [3.8, 4) is 11.5 Å². The van der Waals surface area contributed by atoms with Gasteiger partial charge in [0.2, 0.25) is 5.91 Å². The van der Waals surface area contributed by atoms with Crippen LogP contribution in [-0.2, 0) is 20.8 Å². The van der Waals surface area contributed by atoms with Gasteiger partial charge >= 0.3 is 0 Å². The number of hydrogen-bond acceptors (Lipinski definition) is 6. The molecule has 1 fully saturated rings. The number of carbonyl (C=O) groups is 1. The van der Waals surface area contributed by atoms with E-state index in [9.17, 15) is 4.79 Å². The smallest absolute Gasteiger partial charge is 0.246 e. The van der Waals surface area contributed by atoms with E-state index in [1.807, 2.05) is 54.6 Å². The number of hydrogen-bond donors (Lipinski definition) is 1. The Balaban J connectivity index is 1.28. The van der Waals surface area contributed by atoms with Gasteiger partial charge in [-0.3, -0.25) is 9.69 Å². The van der Waals surface area contributed by atoms with Gasteiger partial charge in [0.05, 0.1) is 6.61 Å². The quantitative estimate of drug-likeness (QED) is 0.481. The highest BCUT2D eigenvalue weighted by Crippen LogP contribution is 2.15. The van der Waals surface area contributed by atoms with E-state index in [1.54, 1.807) is 0 Å². The molecule has 1 heterocycles. The lowest BCUT2D eigenvalue weighted by Gasteiger charge is -2.31. The van der Waals surface area contributed by atoms with Crippen LogP contribution in [0.4, 0.5) is 0 Å². The molecule has 0 bridgehead atoms. The van der Waals surface area contributed by atoms with Crippen LogP contribution in [0.1, 0.15) is 18.4 Å². The predicted molar refractivity (Wildman–Crippen MR) is 123 cm³/mol. The maximum atomic E-state index is 12.0. The number of likely N-dealkylation sites (N-methyl/N-ethyl adjacent to an activating group) is 1. The van der Waals surface area contributed by atoms with E-state index in [1.165, 1.54) is 0 Å². The highest BCUT2D eigenvalue weighted by molar-refractivity contribution is 5.77.